The van der Waals surface area contributed by atoms with E-state index in [2.05, 4.69) is 4.90 Å². The van der Waals surface area contributed by atoms with Crippen LogP contribution in [0.4, 0.5) is 11.4 Å². The highest BCUT2D eigenvalue weighted by atomic mass is 35.5. The Morgan fingerprint density at radius 1 is 1.12 bits per heavy atom. The summed E-state index contributed by atoms with van der Waals surface area (Å²) in [6, 6.07) is 14.3. The quantitative estimate of drug-likeness (QED) is 0.598. The van der Waals surface area contributed by atoms with E-state index < -0.39 is 4.92 Å². The molecular weight excluding hydrogens is 340 g/mol. The Morgan fingerprint density at radius 2 is 1.88 bits per heavy atom. The summed E-state index contributed by atoms with van der Waals surface area (Å²) >= 11 is 6.18. The van der Waals surface area contributed by atoms with Crippen molar-refractivity contribution in [3.63, 3.8) is 0 Å². The Balaban J connectivity index is 1.78. The highest BCUT2D eigenvalue weighted by Gasteiger charge is 2.47. The number of non-ortho nitro benzene ring substituents is 1. The molecule has 0 N–H and O–H groups in total. The molecule has 25 heavy (non-hydrogen) atoms. The minimum atomic E-state index is -0.406. The fourth-order valence-electron chi connectivity index (χ4n) is 4.21. The molecule has 2 bridgehead atoms. The number of ketones is 1. The van der Waals surface area contributed by atoms with Crippen molar-refractivity contribution < 1.29 is 9.72 Å². The minimum absolute atomic E-state index is 0.0605. The standard InChI is InChI=1S/C19H17ClN2O3/c20-13-2-1-3-15(10-13)21-16-8-9-17(18(23)11-16)19(21)12-4-6-14(7-5-12)22(24)25/h1-7,10,16-17,19H,8-9,11H2/t16-,17+,19-/m0/s1. The second-order valence-electron chi connectivity index (χ2n) is 6.69. The zero-order valence-corrected chi connectivity index (χ0v) is 14.2. The number of rotatable bonds is 3. The third kappa shape index (κ3) is 2.78. The summed E-state index contributed by atoms with van der Waals surface area (Å²) < 4.78 is 0. The van der Waals surface area contributed by atoms with Crippen molar-refractivity contribution in [2.24, 2.45) is 5.92 Å². The molecular formula is C19H17ClN2O3. The maximum Gasteiger partial charge on any atom is 0.269 e. The van der Waals surface area contributed by atoms with E-state index in [-0.39, 0.29) is 29.5 Å². The van der Waals surface area contributed by atoms with Crippen LogP contribution >= 0.6 is 11.6 Å². The molecule has 5 nitrogen and oxygen atoms in total. The van der Waals surface area contributed by atoms with Crippen molar-refractivity contribution in [2.45, 2.75) is 31.3 Å². The zero-order chi connectivity index (χ0) is 17.6. The van der Waals surface area contributed by atoms with Crippen LogP contribution in [0.2, 0.25) is 5.02 Å². The first kappa shape index (κ1) is 16.1. The first-order valence-corrected chi connectivity index (χ1v) is 8.73. The van der Waals surface area contributed by atoms with E-state index >= 15 is 0 Å². The largest absolute Gasteiger partial charge is 0.360 e. The lowest BCUT2D eigenvalue weighted by molar-refractivity contribution is -0.384. The second kappa shape index (κ2) is 6.15. The van der Waals surface area contributed by atoms with Gasteiger partial charge in [0.05, 0.1) is 11.0 Å². The van der Waals surface area contributed by atoms with Gasteiger partial charge >= 0.3 is 0 Å². The molecule has 0 amide bonds. The summed E-state index contributed by atoms with van der Waals surface area (Å²) in [5, 5.41) is 11.6. The van der Waals surface area contributed by atoms with Gasteiger partial charge in [-0.2, -0.15) is 0 Å². The third-order valence-electron chi connectivity index (χ3n) is 5.29. The van der Waals surface area contributed by atoms with Crippen molar-refractivity contribution in [3.05, 3.63) is 69.2 Å². The molecule has 2 aliphatic heterocycles. The van der Waals surface area contributed by atoms with E-state index in [9.17, 15) is 14.9 Å². The van der Waals surface area contributed by atoms with E-state index in [1.807, 2.05) is 24.3 Å². The molecule has 2 aromatic carbocycles. The SMILES string of the molecule is O=C1C[C@@H]2CC[C@H]1[C@H](c1ccc([N+](=O)[O-])cc1)N2c1cccc(Cl)c1. The summed E-state index contributed by atoms with van der Waals surface area (Å²) in [7, 11) is 0. The molecule has 6 heteroatoms. The number of nitro groups is 1. The maximum atomic E-state index is 12.5. The molecule has 1 saturated carbocycles. The van der Waals surface area contributed by atoms with Crippen LogP contribution in [0.15, 0.2) is 48.5 Å². The van der Waals surface area contributed by atoms with Crippen molar-refractivity contribution >= 4 is 28.8 Å². The number of Topliss-reactive ketones (excluding diaryl/α,β-unsaturated/α-hetero) is 1. The predicted molar refractivity (Wildman–Crippen MR) is 95.9 cm³/mol. The molecule has 3 atom stereocenters. The smallest absolute Gasteiger partial charge is 0.269 e. The van der Waals surface area contributed by atoms with Crippen LogP contribution in [0.1, 0.15) is 30.9 Å². The lowest BCUT2D eigenvalue weighted by Crippen LogP contribution is -2.54. The summed E-state index contributed by atoms with van der Waals surface area (Å²) in [5.74, 6) is 0.211. The molecule has 0 spiro atoms. The molecule has 3 fully saturated rings. The molecule has 0 aromatic heterocycles. The lowest BCUT2D eigenvalue weighted by Gasteiger charge is -2.52. The number of halogens is 1. The Hall–Kier alpha value is -2.40. The lowest BCUT2D eigenvalue weighted by atomic mass is 9.71. The molecule has 1 aliphatic carbocycles. The fraction of sp³-hybridized carbons (Fsp3) is 0.316. The van der Waals surface area contributed by atoms with E-state index in [1.54, 1.807) is 12.1 Å². The van der Waals surface area contributed by atoms with Gasteiger partial charge in [0, 0.05) is 41.2 Å². The van der Waals surface area contributed by atoms with Gasteiger partial charge in [0.15, 0.2) is 0 Å². The Kier molecular flexibility index (Phi) is 3.96. The number of piperidine rings is 2. The number of hydrogen-bond acceptors (Lipinski definition) is 4. The minimum Gasteiger partial charge on any atom is -0.360 e. The van der Waals surface area contributed by atoms with Gasteiger partial charge in [0.2, 0.25) is 0 Å². The van der Waals surface area contributed by atoms with Crippen molar-refractivity contribution in [2.75, 3.05) is 4.90 Å². The number of nitrogens with zero attached hydrogens (tertiary/aromatic N) is 2. The molecule has 2 aromatic rings. The number of fused-ring (bicyclic) bond motifs is 3. The summed E-state index contributed by atoms with van der Waals surface area (Å²) in [6.07, 6.45) is 2.40. The van der Waals surface area contributed by atoms with Crippen molar-refractivity contribution in [3.8, 4) is 0 Å². The molecule has 5 rings (SSSR count). The first-order chi connectivity index (χ1) is 12.0. The van der Waals surface area contributed by atoms with Crippen LogP contribution in [-0.2, 0) is 4.79 Å². The molecule has 128 valence electrons. The van der Waals surface area contributed by atoms with Crippen molar-refractivity contribution in [1.29, 1.82) is 0 Å². The maximum absolute atomic E-state index is 12.5. The van der Waals surface area contributed by atoms with E-state index in [0.717, 1.165) is 24.1 Å². The number of hydrogen-bond donors (Lipinski definition) is 0. The monoisotopic (exact) mass is 356 g/mol. The highest BCUT2D eigenvalue weighted by molar-refractivity contribution is 6.30. The van der Waals surface area contributed by atoms with Gasteiger partial charge in [-0.3, -0.25) is 14.9 Å². The number of carbonyl (C=O) groups excluding carboxylic acids is 1. The second-order valence-corrected chi connectivity index (χ2v) is 7.13. The van der Waals surface area contributed by atoms with E-state index in [4.69, 9.17) is 11.6 Å². The van der Waals surface area contributed by atoms with Crippen LogP contribution in [0.5, 0.6) is 0 Å². The first-order valence-electron chi connectivity index (χ1n) is 8.35. The molecule has 3 aliphatic rings. The van der Waals surface area contributed by atoms with Gasteiger partial charge in [-0.25, -0.2) is 0 Å². The van der Waals surface area contributed by atoms with Gasteiger partial charge in [-0.05, 0) is 36.6 Å². The van der Waals surface area contributed by atoms with Crippen molar-refractivity contribution in [1.82, 2.24) is 0 Å². The van der Waals surface area contributed by atoms with Gasteiger partial charge < -0.3 is 4.90 Å². The average molecular weight is 357 g/mol. The fourth-order valence-corrected chi connectivity index (χ4v) is 4.39. The van der Waals surface area contributed by atoms with Crippen LogP contribution in [0.25, 0.3) is 0 Å². The molecule has 2 heterocycles. The normalized spacial score (nSPS) is 25.2. The van der Waals surface area contributed by atoms with E-state index in [0.29, 0.717) is 11.4 Å². The number of nitro benzene ring substituents is 1. The van der Waals surface area contributed by atoms with Crippen LogP contribution in [0.3, 0.4) is 0 Å². The van der Waals surface area contributed by atoms with Crippen LogP contribution in [-0.4, -0.2) is 16.7 Å². The predicted octanol–water partition coefficient (Wildman–Crippen LogP) is 4.55. The number of anilines is 1. The third-order valence-corrected chi connectivity index (χ3v) is 5.52. The van der Waals surface area contributed by atoms with Gasteiger partial charge in [-0.15, -0.1) is 0 Å². The highest BCUT2D eigenvalue weighted by Crippen LogP contribution is 2.48. The topological polar surface area (TPSA) is 63.4 Å². The summed E-state index contributed by atoms with van der Waals surface area (Å²) in [4.78, 5) is 25.3. The Labute approximate surface area is 150 Å². The van der Waals surface area contributed by atoms with E-state index in [1.165, 1.54) is 12.1 Å². The summed E-state index contributed by atoms with van der Waals surface area (Å²) in [5.41, 5.74) is 2.00. The molecule has 0 unspecified atom stereocenters. The Bertz CT molecular complexity index is 837. The van der Waals surface area contributed by atoms with Gasteiger partial charge in [0.1, 0.15) is 5.78 Å². The Morgan fingerprint density at radius 3 is 2.52 bits per heavy atom. The zero-order valence-electron chi connectivity index (χ0n) is 13.5. The van der Waals surface area contributed by atoms with Crippen LogP contribution < -0.4 is 4.90 Å². The molecule has 0 radical (unpaired) electrons. The van der Waals surface area contributed by atoms with Gasteiger partial charge in [-0.1, -0.05) is 29.8 Å². The molecule has 2 saturated heterocycles. The van der Waals surface area contributed by atoms with Crippen LogP contribution in [0, 0.1) is 16.0 Å². The number of carbonyl (C=O) groups is 1. The summed E-state index contributed by atoms with van der Waals surface area (Å²) in [6.45, 7) is 0. The number of benzene rings is 2. The average Bonchev–Trinajstić information content (AvgIpc) is 2.61. The van der Waals surface area contributed by atoms with Gasteiger partial charge in [0.25, 0.3) is 5.69 Å².